The van der Waals surface area contributed by atoms with E-state index in [1.165, 1.54) is 11.4 Å². The lowest BCUT2D eigenvalue weighted by atomic mass is 10.1. The van der Waals surface area contributed by atoms with E-state index in [0.29, 0.717) is 18.7 Å². The summed E-state index contributed by atoms with van der Waals surface area (Å²) in [5.41, 5.74) is 0. The first-order valence-corrected chi connectivity index (χ1v) is 9.12. The largest absolute Gasteiger partial charge is 0.495 e. The first kappa shape index (κ1) is 16.7. The van der Waals surface area contributed by atoms with E-state index in [1.807, 2.05) is 0 Å². The molecule has 1 aliphatic rings. The number of nitrogens with zero attached hydrogens (tertiary/aromatic N) is 3. The molecule has 8 heteroatoms. The zero-order valence-corrected chi connectivity index (χ0v) is 14.1. The Balaban J connectivity index is 1.78. The van der Waals surface area contributed by atoms with Crippen molar-refractivity contribution >= 4 is 10.0 Å². The summed E-state index contributed by atoms with van der Waals surface area (Å²) in [5, 5.41) is 0. The Morgan fingerprint density at radius 1 is 1.17 bits per heavy atom. The van der Waals surface area contributed by atoms with Gasteiger partial charge < -0.3 is 9.47 Å². The first-order chi connectivity index (χ1) is 11.6. The van der Waals surface area contributed by atoms with Crippen molar-refractivity contribution in [1.82, 2.24) is 14.3 Å². The lowest BCUT2D eigenvalue weighted by Crippen LogP contribution is -2.44. The van der Waals surface area contributed by atoms with Gasteiger partial charge in [-0.15, -0.1) is 0 Å². The van der Waals surface area contributed by atoms with Crippen molar-refractivity contribution in [3.8, 4) is 11.8 Å². The second kappa shape index (κ2) is 7.14. The number of ether oxygens (including phenoxy) is 2. The van der Waals surface area contributed by atoms with Crippen LogP contribution in [-0.4, -0.2) is 49.0 Å². The number of aromatic nitrogens is 2. The molecule has 0 radical (unpaired) electrons. The predicted molar refractivity (Wildman–Crippen MR) is 87.4 cm³/mol. The number of piperidine rings is 1. The third kappa shape index (κ3) is 3.49. The van der Waals surface area contributed by atoms with Crippen molar-refractivity contribution in [3.05, 3.63) is 42.7 Å². The van der Waals surface area contributed by atoms with Gasteiger partial charge in [0.1, 0.15) is 16.7 Å². The molecule has 1 fully saturated rings. The molecular weight excluding hydrogens is 330 g/mol. The third-order valence-electron chi connectivity index (χ3n) is 3.84. The molecular formula is C16H19N3O4S. The summed E-state index contributed by atoms with van der Waals surface area (Å²) < 4.78 is 38.2. The predicted octanol–water partition coefficient (Wildman–Crippen LogP) is 1.72. The average Bonchev–Trinajstić information content (AvgIpc) is 2.63. The molecule has 0 aliphatic carbocycles. The third-order valence-corrected chi connectivity index (χ3v) is 5.75. The SMILES string of the molecule is COc1ccccc1S(=O)(=O)N1CCCC(Oc2ncccn2)C1. The molecule has 1 saturated heterocycles. The molecule has 0 amide bonds. The quantitative estimate of drug-likeness (QED) is 0.817. The average molecular weight is 349 g/mol. The van der Waals surface area contributed by atoms with Gasteiger partial charge in [0.15, 0.2) is 0 Å². The fraction of sp³-hybridized carbons (Fsp3) is 0.375. The molecule has 0 bridgehead atoms. The van der Waals surface area contributed by atoms with Crippen molar-refractivity contribution in [3.63, 3.8) is 0 Å². The number of benzene rings is 1. The molecule has 0 N–H and O–H groups in total. The molecule has 0 saturated carbocycles. The van der Waals surface area contributed by atoms with Crippen LogP contribution in [0.1, 0.15) is 12.8 Å². The Morgan fingerprint density at radius 2 is 1.92 bits per heavy atom. The number of rotatable bonds is 5. The fourth-order valence-electron chi connectivity index (χ4n) is 2.69. The van der Waals surface area contributed by atoms with Crippen molar-refractivity contribution in [2.24, 2.45) is 0 Å². The maximum Gasteiger partial charge on any atom is 0.316 e. The lowest BCUT2D eigenvalue weighted by molar-refractivity contribution is 0.119. The van der Waals surface area contributed by atoms with E-state index >= 15 is 0 Å². The minimum atomic E-state index is -3.64. The molecule has 1 unspecified atom stereocenters. The van der Waals surface area contributed by atoms with Crippen LogP contribution < -0.4 is 9.47 Å². The van der Waals surface area contributed by atoms with Crippen LogP contribution in [0.25, 0.3) is 0 Å². The Labute approximate surface area is 141 Å². The Kier molecular flexibility index (Phi) is 4.96. The fourth-order valence-corrected chi connectivity index (χ4v) is 4.35. The summed E-state index contributed by atoms with van der Waals surface area (Å²) in [6.07, 6.45) is 4.39. The smallest absolute Gasteiger partial charge is 0.316 e. The van der Waals surface area contributed by atoms with E-state index in [-0.39, 0.29) is 23.6 Å². The first-order valence-electron chi connectivity index (χ1n) is 7.68. The van der Waals surface area contributed by atoms with Gasteiger partial charge in [0.25, 0.3) is 0 Å². The van der Waals surface area contributed by atoms with E-state index in [0.717, 1.165) is 6.42 Å². The van der Waals surface area contributed by atoms with Gasteiger partial charge in [-0.05, 0) is 31.0 Å². The van der Waals surface area contributed by atoms with Gasteiger partial charge in [0, 0.05) is 18.9 Å². The summed E-state index contributed by atoms with van der Waals surface area (Å²) in [4.78, 5) is 8.22. The van der Waals surface area contributed by atoms with Crippen LogP contribution in [0.15, 0.2) is 47.6 Å². The van der Waals surface area contributed by atoms with Gasteiger partial charge in [-0.1, -0.05) is 12.1 Å². The van der Waals surface area contributed by atoms with Gasteiger partial charge in [-0.3, -0.25) is 0 Å². The van der Waals surface area contributed by atoms with Crippen molar-refractivity contribution in [2.45, 2.75) is 23.8 Å². The lowest BCUT2D eigenvalue weighted by Gasteiger charge is -2.31. The second-order valence-corrected chi connectivity index (χ2v) is 7.33. The van der Waals surface area contributed by atoms with Crippen LogP contribution in [0.2, 0.25) is 0 Å². The Bertz CT molecular complexity index is 783. The molecule has 1 atom stereocenters. The molecule has 2 aromatic rings. The number of sulfonamides is 1. The number of hydrogen-bond acceptors (Lipinski definition) is 6. The van der Waals surface area contributed by atoms with E-state index in [4.69, 9.17) is 9.47 Å². The Hall–Kier alpha value is -2.19. The topological polar surface area (TPSA) is 81.6 Å². The van der Waals surface area contributed by atoms with Crippen LogP contribution in [0.4, 0.5) is 0 Å². The van der Waals surface area contributed by atoms with Crippen molar-refractivity contribution in [2.75, 3.05) is 20.2 Å². The number of methoxy groups -OCH3 is 1. The Morgan fingerprint density at radius 3 is 2.67 bits per heavy atom. The van der Waals surface area contributed by atoms with Crippen molar-refractivity contribution in [1.29, 1.82) is 0 Å². The zero-order valence-electron chi connectivity index (χ0n) is 13.3. The minimum Gasteiger partial charge on any atom is -0.495 e. The van der Waals surface area contributed by atoms with Crippen LogP contribution in [0.3, 0.4) is 0 Å². The molecule has 3 rings (SSSR count). The van der Waals surface area contributed by atoms with Crippen LogP contribution in [0, 0.1) is 0 Å². The summed E-state index contributed by atoms with van der Waals surface area (Å²) in [5.74, 6) is 0.340. The maximum atomic E-state index is 12.9. The monoisotopic (exact) mass is 349 g/mol. The molecule has 24 heavy (non-hydrogen) atoms. The summed E-state index contributed by atoms with van der Waals surface area (Å²) >= 11 is 0. The van der Waals surface area contributed by atoms with Crippen LogP contribution >= 0.6 is 0 Å². The van der Waals surface area contributed by atoms with Gasteiger partial charge in [0.2, 0.25) is 10.0 Å². The standard InChI is InChI=1S/C16H19N3O4S/c1-22-14-7-2-3-8-15(14)24(20,21)19-11-4-6-13(12-19)23-16-17-9-5-10-18-16/h2-3,5,7-10,13H,4,6,11-12H2,1H3. The maximum absolute atomic E-state index is 12.9. The second-order valence-electron chi connectivity index (χ2n) is 5.43. The van der Waals surface area contributed by atoms with E-state index in [2.05, 4.69) is 9.97 Å². The summed E-state index contributed by atoms with van der Waals surface area (Å²) in [6.45, 7) is 0.717. The zero-order chi connectivity index (χ0) is 17.0. The van der Waals surface area contributed by atoms with Gasteiger partial charge in [-0.25, -0.2) is 18.4 Å². The highest BCUT2D eigenvalue weighted by atomic mass is 32.2. The van der Waals surface area contributed by atoms with Gasteiger partial charge in [-0.2, -0.15) is 4.31 Å². The summed E-state index contributed by atoms with van der Waals surface area (Å²) in [7, 11) is -2.18. The van der Waals surface area contributed by atoms with Crippen molar-refractivity contribution < 1.29 is 17.9 Å². The van der Waals surface area contributed by atoms with Crippen LogP contribution in [0.5, 0.6) is 11.8 Å². The number of para-hydroxylation sites is 1. The van der Waals surface area contributed by atoms with Gasteiger partial charge in [0.05, 0.1) is 13.7 Å². The highest BCUT2D eigenvalue weighted by Gasteiger charge is 2.33. The molecule has 7 nitrogen and oxygen atoms in total. The molecule has 1 aliphatic heterocycles. The molecule has 1 aromatic carbocycles. The highest BCUT2D eigenvalue weighted by molar-refractivity contribution is 7.89. The highest BCUT2D eigenvalue weighted by Crippen LogP contribution is 2.28. The van der Waals surface area contributed by atoms with E-state index in [9.17, 15) is 8.42 Å². The normalized spacial score (nSPS) is 19.0. The van der Waals surface area contributed by atoms with Crippen LogP contribution in [-0.2, 0) is 10.0 Å². The van der Waals surface area contributed by atoms with Gasteiger partial charge >= 0.3 is 6.01 Å². The molecule has 128 valence electrons. The van der Waals surface area contributed by atoms with E-state index < -0.39 is 10.0 Å². The molecule has 0 spiro atoms. The molecule has 2 heterocycles. The number of hydrogen-bond donors (Lipinski definition) is 0. The minimum absolute atomic E-state index is 0.170. The summed E-state index contributed by atoms with van der Waals surface area (Å²) in [6, 6.07) is 8.59. The molecule has 1 aromatic heterocycles. The van der Waals surface area contributed by atoms with E-state index in [1.54, 1.807) is 42.7 Å².